The van der Waals surface area contributed by atoms with E-state index in [0.29, 0.717) is 38.1 Å². The van der Waals surface area contributed by atoms with Gasteiger partial charge in [0.1, 0.15) is 5.60 Å². The molecule has 3 aliphatic rings. The summed E-state index contributed by atoms with van der Waals surface area (Å²) >= 11 is 0. The van der Waals surface area contributed by atoms with Gasteiger partial charge in [-0.05, 0) is 52.5 Å². The zero-order valence-corrected chi connectivity index (χ0v) is 15.9. The van der Waals surface area contributed by atoms with Gasteiger partial charge in [-0.25, -0.2) is 4.79 Å². The number of ether oxygens (including phenoxy) is 1. The van der Waals surface area contributed by atoms with Crippen LogP contribution in [0.25, 0.3) is 0 Å². The quantitative estimate of drug-likeness (QED) is 0.613. The van der Waals surface area contributed by atoms with Crippen LogP contribution in [0.15, 0.2) is 4.99 Å². The Balaban J connectivity index is 1.40. The van der Waals surface area contributed by atoms with Gasteiger partial charge in [0.25, 0.3) is 0 Å². The molecule has 1 amide bonds. The third-order valence-corrected chi connectivity index (χ3v) is 5.15. The predicted molar refractivity (Wildman–Crippen MR) is 98.6 cm³/mol. The van der Waals surface area contributed by atoms with Crippen LogP contribution in [0.1, 0.15) is 40.0 Å². The van der Waals surface area contributed by atoms with Crippen molar-refractivity contribution in [3.05, 3.63) is 0 Å². The summed E-state index contributed by atoms with van der Waals surface area (Å²) in [6.45, 7) is 11.6. The molecule has 0 radical (unpaired) electrons. The first-order chi connectivity index (χ1) is 11.8. The molecule has 0 aromatic heterocycles. The molecule has 1 aliphatic carbocycles. The summed E-state index contributed by atoms with van der Waals surface area (Å²) < 4.78 is 5.42. The summed E-state index contributed by atoms with van der Waals surface area (Å²) in [5.41, 5.74) is 5.73. The van der Waals surface area contributed by atoms with Gasteiger partial charge in [-0.3, -0.25) is 4.99 Å². The Labute approximate surface area is 151 Å². The van der Waals surface area contributed by atoms with Gasteiger partial charge < -0.3 is 25.2 Å². The number of rotatable bonds is 3. The number of hydrogen-bond acceptors (Lipinski definition) is 4. The molecule has 0 bridgehead atoms. The number of carbonyl (C=O) groups is 1. The molecule has 0 spiro atoms. The summed E-state index contributed by atoms with van der Waals surface area (Å²) in [6, 6.07) is 0.854. The molecule has 2 N–H and O–H groups in total. The first-order valence-electron chi connectivity index (χ1n) is 9.58. The minimum atomic E-state index is -0.454. The van der Waals surface area contributed by atoms with Crippen LogP contribution < -0.4 is 5.73 Å². The number of aliphatic imine (C=N–C) groups is 1. The Kier molecular flexibility index (Phi) is 5.41. The number of carbonyl (C=O) groups excluding carboxylic acids is 1. The molecule has 2 saturated heterocycles. The molecule has 1 unspecified atom stereocenters. The van der Waals surface area contributed by atoms with Crippen molar-refractivity contribution in [2.75, 3.05) is 45.8 Å². The maximum atomic E-state index is 12.1. The van der Waals surface area contributed by atoms with Gasteiger partial charge in [0.05, 0.1) is 0 Å². The number of hydrogen-bond donors (Lipinski definition) is 1. The van der Waals surface area contributed by atoms with Gasteiger partial charge in [-0.15, -0.1) is 0 Å². The van der Waals surface area contributed by atoms with Gasteiger partial charge in [-0.1, -0.05) is 0 Å². The first-order valence-corrected chi connectivity index (χ1v) is 9.58. The van der Waals surface area contributed by atoms with Crippen LogP contribution in [0, 0.1) is 5.92 Å². The SMILES string of the molecule is CC(C)(C)OC(=O)N1CCN(C(N)=NCC2CCN(C3CC3)C2)CC1. The summed E-state index contributed by atoms with van der Waals surface area (Å²) in [4.78, 5) is 23.2. The summed E-state index contributed by atoms with van der Waals surface area (Å²) in [7, 11) is 0. The van der Waals surface area contributed by atoms with Crippen LogP contribution in [0.4, 0.5) is 4.79 Å². The van der Waals surface area contributed by atoms with Crippen LogP contribution in [-0.2, 0) is 4.74 Å². The highest BCUT2D eigenvalue weighted by atomic mass is 16.6. The lowest BCUT2D eigenvalue weighted by atomic mass is 10.1. The van der Waals surface area contributed by atoms with Crippen molar-refractivity contribution in [2.24, 2.45) is 16.6 Å². The van der Waals surface area contributed by atoms with E-state index in [1.807, 2.05) is 20.8 Å². The van der Waals surface area contributed by atoms with Crippen molar-refractivity contribution in [3.8, 4) is 0 Å². The molecule has 0 aromatic rings. The Morgan fingerprint density at radius 1 is 1.08 bits per heavy atom. The predicted octanol–water partition coefficient (Wildman–Crippen LogP) is 1.34. The Hall–Kier alpha value is -1.50. The maximum absolute atomic E-state index is 12.1. The molecule has 7 heteroatoms. The molecule has 7 nitrogen and oxygen atoms in total. The second kappa shape index (κ2) is 7.40. The Morgan fingerprint density at radius 2 is 1.72 bits per heavy atom. The zero-order valence-electron chi connectivity index (χ0n) is 15.9. The van der Waals surface area contributed by atoms with Crippen LogP contribution >= 0.6 is 0 Å². The maximum Gasteiger partial charge on any atom is 0.410 e. The number of likely N-dealkylation sites (tertiary alicyclic amines) is 1. The van der Waals surface area contributed by atoms with Crippen molar-refractivity contribution in [1.29, 1.82) is 0 Å². The van der Waals surface area contributed by atoms with Gasteiger partial charge >= 0.3 is 6.09 Å². The van der Waals surface area contributed by atoms with Crippen molar-refractivity contribution >= 4 is 12.1 Å². The molecule has 25 heavy (non-hydrogen) atoms. The lowest BCUT2D eigenvalue weighted by Gasteiger charge is -2.36. The average Bonchev–Trinajstić information content (AvgIpc) is 3.30. The number of piperazine rings is 1. The van der Waals surface area contributed by atoms with Crippen LogP contribution in [-0.4, -0.2) is 84.2 Å². The fourth-order valence-electron chi connectivity index (χ4n) is 3.55. The van der Waals surface area contributed by atoms with E-state index in [9.17, 15) is 4.79 Å². The van der Waals surface area contributed by atoms with Crippen molar-refractivity contribution in [2.45, 2.75) is 51.7 Å². The third-order valence-electron chi connectivity index (χ3n) is 5.15. The smallest absolute Gasteiger partial charge is 0.410 e. The van der Waals surface area contributed by atoms with E-state index in [1.54, 1.807) is 4.90 Å². The molecule has 1 atom stereocenters. The molecular weight excluding hydrogens is 318 g/mol. The topological polar surface area (TPSA) is 74.4 Å². The highest BCUT2D eigenvalue weighted by Crippen LogP contribution is 2.31. The lowest BCUT2D eigenvalue weighted by Crippen LogP contribution is -2.53. The van der Waals surface area contributed by atoms with E-state index < -0.39 is 5.60 Å². The van der Waals surface area contributed by atoms with Gasteiger partial charge in [0.2, 0.25) is 0 Å². The van der Waals surface area contributed by atoms with E-state index in [4.69, 9.17) is 10.5 Å². The molecule has 2 aliphatic heterocycles. The lowest BCUT2D eigenvalue weighted by molar-refractivity contribution is 0.0186. The highest BCUT2D eigenvalue weighted by Gasteiger charge is 2.34. The van der Waals surface area contributed by atoms with Crippen molar-refractivity contribution in [1.82, 2.24) is 14.7 Å². The molecule has 142 valence electrons. The molecule has 2 heterocycles. The standard InChI is InChI=1S/C18H33N5O2/c1-18(2,3)25-17(24)22-10-8-21(9-11-22)16(19)20-12-14-6-7-23(13-14)15-4-5-15/h14-15H,4-13H2,1-3H3,(H2,19,20). The van der Waals surface area contributed by atoms with Gasteiger partial charge in [0.15, 0.2) is 5.96 Å². The van der Waals surface area contributed by atoms with E-state index in [0.717, 1.165) is 12.6 Å². The fourth-order valence-corrected chi connectivity index (χ4v) is 3.55. The first kappa shape index (κ1) is 18.3. The van der Waals surface area contributed by atoms with E-state index >= 15 is 0 Å². The number of amides is 1. The van der Waals surface area contributed by atoms with Crippen LogP contribution in [0.3, 0.4) is 0 Å². The van der Waals surface area contributed by atoms with Crippen LogP contribution in [0.2, 0.25) is 0 Å². The number of guanidine groups is 1. The number of nitrogens with two attached hydrogens (primary N) is 1. The second-order valence-electron chi connectivity index (χ2n) is 8.53. The fraction of sp³-hybridized carbons (Fsp3) is 0.889. The van der Waals surface area contributed by atoms with E-state index in [2.05, 4.69) is 14.8 Å². The third kappa shape index (κ3) is 5.23. The Morgan fingerprint density at radius 3 is 2.32 bits per heavy atom. The van der Waals surface area contributed by atoms with E-state index in [-0.39, 0.29) is 6.09 Å². The minimum absolute atomic E-state index is 0.242. The molecule has 1 saturated carbocycles. The molecular formula is C18H33N5O2. The average molecular weight is 351 g/mol. The summed E-state index contributed by atoms with van der Waals surface area (Å²) in [5, 5.41) is 0. The Bertz CT molecular complexity index is 504. The highest BCUT2D eigenvalue weighted by molar-refractivity contribution is 5.78. The zero-order chi connectivity index (χ0) is 18.0. The monoisotopic (exact) mass is 351 g/mol. The molecule has 3 fully saturated rings. The van der Waals surface area contributed by atoms with Gasteiger partial charge in [-0.2, -0.15) is 0 Å². The normalized spacial score (nSPS) is 26.2. The van der Waals surface area contributed by atoms with Crippen LogP contribution in [0.5, 0.6) is 0 Å². The summed E-state index contributed by atoms with van der Waals surface area (Å²) in [5.74, 6) is 1.26. The molecule has 3 rings (SSSR count). The minimum Gasteiger partial charge on any atom is -0.444 e. The van der Waals surface area contributed by atoms with E-state index in [1.165, 1.54) is 32.4 Å². The number of nitrogens with zero attached hydrogens (tertiary/aromatic N) is 4. The van der Waals surface area contributed by atoms with Gasteiger partial charge in [0, 0.05) is 45.3 Å². The van der Waals surface area contributed by atoms with Crippen molar-refractivity contribution in [3.63, 3.8) is 0 Å². The largest absolute Gasteiger partial charge is 0.444 e. The van der Waals surface area contributed by atoms with Crippen molar-refractivity contribution < 1.29 is 9.53 Å². The second-order valence-corrected chi connectivity index (χ2v) is 8.53. The summed E-state index contributed by atoms with van der Waals surface area (Å²) in [6.07, 6.45) is 3.74. The molecule has 0 aromatic carbocycles.